The lowest BCUT2D eigenvalue weighted by atomic mass is 10.2. The first-order valence-electron chi connectivity index (χ1n) is 8.98. The monoisotopic (exact) mass is 391 g/mol. The molecule has 1 aromatic carbocycles. The van der Waals surface area contributed by atoms with Crippen LogP contribution in [0, 0.1) is 0 Å². The number of nitrogens with zero attached hydrogens (tertiary/aromatic N) is 3. The molecule has 9 heteroatoms. The molecule has 0 atom stereocenters. The summed E-state index contributed by atoms with van der Waals surface area (Å²) in [5, 5.41) is 14.3. The Morgan fingerprint density at radius 2 is 1.93 bits per heavy atom. The smallest absolute Gasteiger partial charge is 0.255 e. The summed E-state index contributed by atoms with van der Waals surface area (Å²) in [5.74, 6) is 0.230. The van der Waals surface area contributed by atoms with E-state index in [1.807, 2.05) is 0 Å². The molecule has 0 aliphatic carbocycles. The Morgan fingerprint density at radius 1 is 1.11 bits per heavy atom. The molecule has 2 amide bonds. The maximum Gasteiger partial charge on any atom is 0.255 e. The molecule has 2 N–H and O–H groups in total. The van der Waals surface area contributed by atoms with Gasteiger partial charge in [-0.1, -0.05) is 16.8 Å². The van der Waals surface area contributed by atoms with Gasteiger partial charge in [0.15, 0.2) is 0 Å². The van der Waals surface area contributed by atoms with Crippen LogP contribution in [0.5, 0.6) is 5.75 Å². The van der Waals surface area contributed by atoms with Crippen LogP contribution >= 0.6 is 11.6 Å². The summed E-state index contributed by atoms with van der Waals surface area (Å²) in [4.78, 5) is 24.3. The van der Waals surface area contributed by atoms with Crippen molar-refractivity contribution < 1.29 is 14.3 Å². The summed E-state index contributed by atoms with van der Waals surface area (Å²) in [6, 6.07) is 4.98. The zero-order valence-electron chi connectivity index (χ0n) is 14.9. The minimum absolute atomic E-state index is 0.0124. The summed E-state index contributed by atoms with van der Waals surface area (Å²) in [6.45, 7) is 1.89. The first kappa shape index (κ1) is 19.2. The second-order valence-corrected chi connectivity index (χ2v) is 6.71. The van der Waals surface area contributed by atoms with Crippen LogP contribution in [0.2, 0.25) is 5.02 Å². The highest BCUT2D eigenvalue weighted by molar-refractivity contribution is 6.31. The number of fused-ring (bicyclic) bond motifs is 3. The van der Waals surface area contributed by atoms with Gasteiger partial charge in [0.1, 0.15) is 12.4 Å². The Kier molecular flexibility index (Phi) is 6.64. The van der Waals surface area contributed by atoms with Crippen molar-refractivity contribution in [1.29, 1.82) is 0 Å². The van der Waals surface area contributed by atoms with Gasteiger partial charge in [0.05, 0.1) is 17.8 Å². The highest BCUT2D eigenvalue weighted by Gasteiger charge is 2.14. The molecule has 0 saturated carbocycles. The van der Waals surface area contributed by atoms with Crippen molar-refractivity contribution in [2.45, 2.75) is 32.2 Å². The van der Waals surface area contributed by atoms with E-state index in [-0.39, 0.29) is 11.8 Å². The Hall–Kier alpha value is -2.61. The van der Waals surface area contributed by atoms with E-state index in [2.05, 4.69) is 20.9 Å². The molecule has 0 unspecified atom stereocenters. The molecule has 2 aromatic rings. The molecule has 1 aromatic heterocycles. The molecule has 8 nitrogen and oxygen atoms in total. The van der Waals surface area contributed by atoms with Gasteiger partial charge < -0.3 is 15.4 Å². The lowest BCUT2D eigenvalue weighted by Gasteiger charge is -2.12. The van der Waals surface area contributed by atoms with Gasteiger partial charge in [0, 0.05) is 37.2 Å². The van der Waals surface area contributed by atoms with Gasteiger partial charge in [-0.2, -0.15) is 0 Å². The van der Waals surface area contributed by atoms with Gasteiger partial charge in [0.2, 0.25) is 5.91 Å². The average molecular weight is 392 g/mol. The number of benzene rings is 1. The van der Waals surface area contributed by atoms with Gasteiger partial charge in [0.25, 0.3) is 5.91 Å². The summed E-state index contributed by atoms with van der Waals surface area (Å²) >= 11 is 6.03. The van der Waals surface area contributed by atoms with Crippen LogP contribution in [-0.4, -0.2) is 46.5 Å². The first-order valence-corrected chi connectivity index (χ1v) is 9.36. The number of ether oxygens (including phenoxy) is 1. The van der Waals surface area contributed by atoms with E-state index >= 15 is 0 Å². The molecule has 144 valence electrons. The van der Waals surface area contributed by atoms with Gasteiger partial charge in [-0.3, -0.25) is 9.59 Å². The van der Waals surface area contributed by atoms with Gasteiger partial charge >= 0.3 is 0 Å². The third kappa shape index (κ3) is 5.68. The number of nitrogens with one attached hydrogen (secondary N) is 2. The zero-order chi connectivity index (χ0) is 19.1. The fourth-order valence-electron chi connectivity index (χ4n) is 2.72. The van der Waals surface area contributed by atoms with E-state index in [0.29, 0.717) is 55.4 Å². The van der Waals surface area contributed by atoms with Crippen LogP contribution in [0.4, 0.5) is 0 Å². The van der Waals surface area contributed by atoms with Crippen molar-refractivity contribution in [2.24, 2.45) is 0 Å². The highest BCUT2D eigenvalue weighted by atomic mass is 35.5. The van der Waals surface area contributed by atoms with Gasteiger partial charge in [-0.15, -0.1) is 5.10 Å². The maximum absolute atomic E-state index is 12.5. The van der Waals surface area contributed by atoms with Crippen molar-refractivity contribution in [3.8, 4) is 5.75 Å². The van der Waals surface area contributed by atoms with Gasteiger partial charge in [-0.25, -0.2) is 4.68 Å². The fraction of sp³-hybridized carbons (Fsp3) is 0.444. The average Bonchev–Trinajstić information content (AvgIpc) is 3.11. The molecular weight excluding hydrogens is 370 g/mol. The number of aromatic nitrogens is 3. The maximum atomic E-state index is 12.5. The number of aryl methyl sites for hydroxylation is 1. The van der Waals surface area contributed by atoms with E-state index in [9.17, 15) is 9.59 Å². The molecule has 0 fully saturated rings. The molecule has 1 aliphatic heterocycles. The molecule has 0 spiro atoms. The molecule has 2 heterocycles. The standard InChI is InChI=1S/C18H22ClN5O3/c19-13-3-5-16-15(11-13)18(26)21-8-2-1-7-20-17(25)6-4-14-12-24(23-22-14)9-10-27-16/h3,5,11-12H,1-2,4,6-10H2,(H,20,25)(H,21,26). The third-order valence-corrected chi connectivity index (χ3v) is 4.40. The quantitative estimate of drug-likeness (QED) is 0.710. The number of hydrogen-bond donors (Lipinski definition) is 2. The lowest BCUT2D eigenvalue weighted by Crippen LogP contribution is -2.28. The van der Waals surface area contributed by atoms with E-state index < -0.39 is 0 Å². The van der Waals surface area contributed by atoms with E-state index in [1.165, 1.54) is 0 Å². The predicted molar refractivity (Wildman–Crippen MR) is 99.9 cm³/mol. The number of hydrogen-bond acceptors (Lipinski definition) is 5. The summed E-state index contributed by atoms with van der Waals surface area (Å²) in [5.41, 5.74) is 1.16. The van der Waals surface area contributed by atoms with E-state index in [4.69, 9.17) is 16.3 Å². The highest BCUT2D eigenvalue weighted by Crippen LogP contribution is 2.23. The Labute approximate surface area is 162 Å². The molecule has 1 aliphatic rings. The normalized spacial score (nSPS) is 16.9. The topological polar surface area (TPSA) is 98.1 Å². The zero-order valence-corrected chi connectivity index (χ0v) is 15.7. The van der Waals surface area contributed by atoms with Crippen LogP contribution in [0.1, 0.15) is 35.3 Å². The van der Waals surface area contributed by atoms with Crippen molar-refractivity contribution in [3.63, 3.8) is 0 Å². The molecule has 0 saturated heterocycles. The first-order chi connectivity index (χ1) is 13.1. The number of amides is 2. The number of halogens is 1. The van der Waals surface area contributed by atoms with Crippen molar-refractivity contribution in [1.82, 2.24) is 25.6 Å². The van der Waals surface area contributed by atoms with Gasteiger partial charge in [-0.05, 0) is 31.0 Å². The van der Waals surface area contributed by atoms with Crippen molar-refractivity contribution >= 4 is 23.4 Å². The van der Waals surface area contributed by atoms with Crippen LogP contribution in [-0.2, 0) is 17.8 Å². The van der Waals surface area contributed by atoms with E-state index in [1.54, 1.807) is 29.1 Å². The van der Waals surface area contributed by atoms with Crippen molar-refractivity contribution in [3.05, 3.63) is 40.7 Å². The number of carbonyl (C=O) groups excluding carboxylic acids is 2. The molecule has 3 rings (SSSR count). The minimum atomic E-state index is -0.235. The molecule has 0 radical (unpaired) electrons. The van der Waals surface area contributed by atoms with Crippen LogP contribution in [0.3, 0.4) is 0 Å². The minimum Gasteiger partial charge on any atom is -0.491 e. The predicted octanol–water partition coefficient (Wildman–Crippen LogP) is 1.58. The Balaban J connectivity index is 1.72. The van der Waals surface area contributed by atoms with Crippen LogP contribution < -0.4 is 15.4 Å². The second kappa shape index (κ2) is 9.36. The van der Waals surface area contributed by atoms with Crippen LogP contribution in [0.25, 0.3) is 0 Å². The number of carbonyl (C=O) groups is 2. The molecular formula is C18H22ClN5O3. The lowest BCUT2D eigenvalue weighted by molar-refractivity contribution is -0.121. The Bertz CT molecular complexity index is 808. The number of rotatable bonds is 0. The van der Waals surface area contributed by atoms with E-state index in [0.717, 1.165) is 18.5 Å². The molecule has 2 bridgehead atoms. The SMILES string of the molecule is O=C1CCc2cn(nn2)CCOc2ccc(Cl)cc2C(=O)NCCCCN1. The van der Waals surface area contributed by atoms with Crippen LogP contribution in [0.15, 0.2) is 24.4 Å². The Morgan fingerprint density at radius 3 is 2.78 bits per heavy atom. The largest absolute Gasteiger partial charge is 0.491 e. The molecule has 27 heavy (non-hydrogen) atoms. The summed E-state index contributed by atoms with van der Waals surface area (Å²) in [6.07, 6.45) is 4.26. The fourth-order valence-corrected chi connectivity index (χ4v) is 2.89. The van der Waals surface area contributed by atoms with Crippen molar-refractivity contribution in [2.75, 3.05) is 19.7 Å². The summed E-state index contributed by atoms with van der Waals surface area (Å²) < 4.78 is 7.43. The second-order valence-electron chi connectivity index (χ2n) is 6.27. The summed E-state index contributed by atoms with van der Waals surface area (Å²) in [7, 11) is 0. The third-order valence-electron chi connectivity index (χ3n) is 4.17.